The van der Waals surface area contributed by atoms with Gasteiger partial charge in [0, 0.05) is 5.56 Å². The quantitative estimate of drug-likeness (QED) is 0.272. The smallest absolute Gasteiger partial charge is 0.355 e. The average molecular weight is 510 g/mol. The van der Waals surface area contributed by atoms with Crippen LogP contribution in [0.4, 0.5) is 0 Å². The van der Waals surface area contributed by atoms with E-state index in [2.05, 4.69) is 16.6 Å². The lowest BCUT2D eigenvalue weighted by Gasteiger charge is -2.30. The maximum Gasteiger partial charge on any atom is 0.355 e. The van der Waals surface area contributed by atoms with E-state index in [0.717, 1.165) is 14.2 Å². The molecule has 1 unspecified atom stereocenters. The summed E-state index contributed by atoms with van der Waals surface area (Å²) in [5, 5.41) is 0. The molecule has 0 saturated heterocycles. The molecule has 0 aliphatic rings. The van der Waals surface area contributed by atoms with E-state index in [1.54, 1.807) is 25.1 Å². The van der Waals surface area contributed by atoms with Gasteiger partial charge in [-0.3, -0.25) is 0 Å². The molecule has 184 valence electrons. The molecule has 0 amide bonds. The zero-order valence-electron chi connectivity index (χ0n) is 25.6. The average Bonchev–Trinajstić information content (AvgIpc) is 2.97. The summed E-state index contributed by atoms with van der Waals surface area (Å²) < 4.78 is 89.2. The molecule has 7 nitrogen and oxygen atoms in total. The molecule has 36 heavy (non-hydrogen) atoms. The lowest BCUT2D eigenvalue weighted by atomic mass is 10.1. The Balaban J connectivity index is 2.62. The second-order valence-electron chi connectivity index (χ2n) is 7.09. The van der Waals surface area contributed by atoms with Gasteiger partial charge in [-0.15, -0.1) is 0 Å². The first kappa shape index (κ1) is 18.9. The monoisotopic (exact) mass is 509 g/mol. The third kappa shape index (κ3) is 6.20. The highest BCUT2D eigenvalue weighted by molar-refractivity contribution is 7.89. The number of carbonyl (C=O) groups is 2. The summed E-state index contributed by atoms with van der Waals surface area (Å²) in [5.41, 5.74) is -1.02. The van der Waals surface area contributed by atoms with Crippen LogP contribution in [-0.2, 0) is 29.1 Å². The van der Waals surface area contributed by atoms with E-state index in [0.29, 0.717) is 11.6 Å². The van der Waals surface area contributed by atoms with Crippen molar-refractivity contribution in [1.82, 2.24) is 4.31 Å². The SMILES string of the molecule is [2H]c1c([2H])c([2H])c(C([2H])(C#Cc2ccccc2)N(/C(=C/C(=O)OC)C(=O)OC)S(=O)(=O)c2ccc(C)cc2)c([2H])c1[2H]. The van der Waals surface area contributed by atoms with Crippen molar-refractivity contribution in [1.29, 1.82) is 0 Å². The second-order valence-corrected chi connectivity index (χ2v) is 8.88. The van der Waals surface area contributed by atoms with Crippen LogP contribution in [-0.4, -0.2) is 38.9 Å². The van der Waals surface area contributed by atoms with Gasteiger partial charge in [0.15, 0.2) is 0 Å². The van der Waals surface area contributed by atoms with Crippen molar-refractivity contribution >= 4 is 22.0 Å². The number of aryl methyl sites for hydroxylation is 1. The third-order valence-electron chi connectivity index (χ3n) is 4.67. The highest BCUT2D eigenvalue weighted by Crippen LogP contribution is 2.32. The lowest BCUT2D eigenvalue weighted by molar-refractivity contribution is -0.139. The number of carbonyl (C=O) groups excluding carboxylic acids is 2. The van der Waals surface area contributed by atoms with Gasteiger partial charge in [-0.25, -0.2) is 22.3 Å². The van der Waals surface area contributed by atoms with E-state index in [1.165, 1.54) is 36.4 Å². The van der Waals surface area contributed by atoms with Crippen molar-refractivity contribution in [3.8, 4) is 11.8 Å². The number of hydrogen-bond acceptors (Lipinski definition) is 6. The molecule has 0 heterocycles. The maximum absolute atomic E-state index is 14.4. The fraction of sp³-hybridized carbons (Fsp3) is 0.143. The Morgan fingerprint density at radius 3 is 2.22 bits per heavy atom. The molecule has 3 aromatic carbocycles. The third-order valence-corrected chi connectivity index (χ3v) is 6.40. The first-order valence-corrected chi connectivity index (χ1v) is 11.8. The fourth-order valence-corrected chi connectivity index (χ4v) is 4.35. The van der Waals surface area contributed by atoms with E-state index in [1.807, 2.05) is 0 Å². The number of methoxy groups -OCH3 is 2. The predicted octanol–water partition coefficient (Wildman–Crippen LogP) is 4.01. The highest BCUT2D eigenvalue weighted by Gasteiger charge is 2.37. The van der Waals surface area contributed by atoms with E-state index >= 15 is 0 Å². The molecule has 0 spiro atoms. The Morgan fingerprint density at radius 1 is 1.00 bits per heavy atom. The Morgan fingerprint density at radius 2 is 1.64 bits per heavy atom. The van der Waals surface area contributed by atoms with E-state index in [9.17, 15) is 19.4 Å². The normalized spacial score (nSPS) is 15.2. The molecule has 0 bridgehead atoms. The second kappa shape index (κ2) is 11.9. The highest BCUT2D eigenvalue weighted by atomic mass is 32.2. The van der Waals surface area contributed by atoms with Crippen LogP contribution in [0, 0.1) is 18.8 Å². The number of sulfonamides is 1. The van der Waals surface area contributed by atoms with Crippen LogP contribution in [0.3, 0.4) is 0 Å². The van der Waals surface area contributed by atoms with Crippen molar-refractivity contribution < 1.29 is 35.7 Å². The molecule has 0 saturated carbocycles. The number of hydrogen-bond donors (Lipinski definition) is 0. The molecule has 0 N–H and O–H groups in total. The summed E-state index contributed by atoms with van der Waals surface area (Å²) in [6.45, 7) is 1.69. The van der Waals surface area contributed by atoms with Gasteiger partial charge in [0.05, 0.1) is 33.4 Å². The number of ether oxygens (including phenoxy) is 2. The summed E-state index contributed by atoms with van der Waals surface area (Å²) in [5.74, 6) is 2.40. The minimum atomic E-state index is -5.08. The Hall–Kier alpha value is -4.35. The summed E-state index contributed by atoms with van der Waals surface area (Å²) >= 11 is 0. The van der Waals surface area contributed by atoms with Crippen molar-refractivity contribution in [2.75, 3.05) is 14.2 Å². The minimum absolute atomic E-state index is 0.108. The van der Waals surface area contributed by atoms with Gasteiger partial charge >= 0.3 is 11.9 Å². The standard InChI is InChI=1S/C28H25NO6S/c1-21-14-17-24(18-15-21)36(32,33)29(26(28(31)35-3)20-27(30)34-2)25(23-12-8-5-9-13-23)19-16-22-10-6-4-7-11-22/h4-15,17-18,20,25H,1-3H3/b26-20+/i5D,8D,9D,12D,13D,25D. The van der Waals surface area contributed by atoms with Crippen LogP contribution in [0.5, 0.6) is 0 Å². The minimum Gasteiger partial charge on any atom is -0.466 e. The number of esters is 2. The lowest BCUT2D eigenvalue weighted by Crippen LogP contribution is -2.37. The van der Waals surface area contributed by atoms with Gasteiger partial charge in [-0.05, 0) is 36.8 Å². The number of benzene rings is 3. The molecule has 0 aliphatic heterocycles. The zero-order chi connectivity index (χ0) is 31.4. The van der Waals surface area contributed by atoms with Gasteiger partial charge in [0.2, 0.25) is 0 Å². The van der Waals surface area contributed by atoms with Crippen molar-refractivity contribution in [2.24, 2.45) is 0 Å². The topological polar surface area (TPSA) is 90.0 Å². The predicted molar refractivity (Wildman–Crippen MR) is 135 cm³/mol. The molecular weight excluding hydrogens is 478 g/mol. The Kier molecular flexibility index (Phi) is 6.23. The fourth-order valence-electron chi connectivity index (χ4n) is 2.90. The zero-order valence-corrected chi connectivity index (χ0v) is 20.4. The molecule has 1 atom stereocenters. The van der Waals surface area contributed by atoms with Crippen molar-refractivity contribution in [3.05, 3.63) is 113 Å². The van der Waals surface area contributed by atoms with E-state index in [4.69, 9.17) is 11.6 Å². The Bertz CT molecular complexity index is 1710. The van der Waals surface area contributed by atoms with E-state index < -0.39 is 74.3 Å². The van der Waals surface area contributed by atoms with Crippen LogP contribution in [0.1, 0.15) is 30.9 Å². The van der Waals surface area contributed by atoms with Crippen LogP contribution in [0.25, 0.3) is 0 Å². The molecule has 3 rings (SSSR count). The van der Waals surface area contributed by atoms with Gasteiger partial charge < -0.3 is 9.47 Å². The Labute approximate surface area is 219 Å². The van der Waals surface area contributed by atoms with Crippen LogP contribution in [0.15, 0.2) is 101 Å². The summed E-state index contributed by atoms with van der Waals surface area (Å²) in [4.78, 5) is 25.1. The molecule has 0 fully saturated rings. The van der Waals surface area contributed by atoms with Gasteiger partial charge in [0.25, 0.3) is 10.0 Å². The largest absolute Gasteiger partial charge is 0.466 e. The molecule has 3 aromatic rings. The molecule has 0 aromatic heterocycles. The molecule has 0 aliphatic carbocycles. The van der Waals surface area contributed by atoms with Crippen molar-refractivity contribution in [3.63, 3.8) is 0 Å². The first-order chi connectivity index (χ1) is 19.7. The van der Waals surface area contributed by atoms with Crippen molar-refractivity contribution in [2.45, 2.75) is 17.8 Å². The number of nitrogens with zero attached hydrogens (tertiary/aromatic N) is 1. The van der Waals surface area contributed by atoms with Crippen LogP contribution < -0.4 is 0 Å². The first-order valence-electron chi connectivity index (χ1n) is 13.4. The summed E-state index contributed by atoms with van der Waals surface area (Å²) in [6, 6.07) is 5.57. The van der Waals surface area contributed by atoms with Crippen LogP contribution in [0.2, 0.25) is 0 Å². The maximum atomic E-state index is 14.4. The van der Waals surface area contributed by atoms with Crippen LogP contribution >= 0.6 is 0 Å². The van der Waals surface area contributed by atoms with Gasteiger partial charge in [-0.2, -0.15) is 0 Å². The molecule has 8 heteroatoms. The summed E-state index contributed by atoms with van der Waals surface area (Å²) in [7, 11) is -3.21. The van der Waals surface area contributed by atoms with Gasteiger partial charge in [-0.1, -0.05) is 77.9 Å². The molecular formula is C28H25NO6S. The molecule has 0 radical (unpaired) electrons. The number of rotatable bonds is 7. The van der Waals surface area contributed by atoms with E-state index in [-0.39, 0.29) is 9.87 Å². The van der Waals surface area contributed by atoms with Gasteiger partial charge in [0.1, 0.15) is 11.7 Å². The summed E-state index contributed by atoms with van der Waals surface area (Å²) in [6.07, 6.45) is 0.459.